The largest absolute Gasteiger partial charge is 0.388 e. The average Bonchev–Trinajstić information content (AvgIpc) is 2.51. The quantitative estimate of drug-likeness (QED) is 0.866. The van der Waals surface area contributed by atoms with Crippen LogP contribution >= 0.6 is 11.8 Å². The van der Waals surface area contributed by atoms with Crippen molar-refractivity contribution in [3.8, 4) is 0 Å². The van der Waals surface area contributed by atoms with Crippen LogP contribution in [0.4, 0.5) is 5.69 Å². The van der Waals surface area contributed by atoms with Crippen LogP contribution in [0, 0.1) is 0 Å². The van der Waals surface area contributed by atoms with Gasteiger partial charge in [-0.3, -0.25) is 0 Å². The molecule has 3 heteroatoms. The molecule has 0 radical (unpaired) electrons. The van der Waals surface area contributed by atoms with Gasteiger partial charge in [0.25, 0.3) is 0 Å². The Balaban J connectivity index is 1.63. The first-order valence-electron chi connectivity index (χ1n) is 7.04. The molecule has 0 spiro atoms. The van der Waals surface area contributed by atoms with Crippen LogP contribution in [0.3, 0.4) is 0 Å². The Morgan fingerprint density at radius 1 is 1.05 bits per heavy atom. The zero-order valence-corrected chi connectivity index (χ0v) is 12.2. The van der Waals surface area contributed by atoms with Crippen molar-refractivity contribution in [3.05, 3.63) is 60.2 Å². The molecule has 1 aliphatic rings. The summed E-state index contributed by atoms with van der Waals surface area (Å²) in [5, 5.41) is 10.1. The summed E-state index contributed by atoms with van der Waals surface area (Å²) in [6.45, 7) is 1.96. The third-order valence-electron chi connectivity index (χ3n) is 3.68. The first-order chi connectivity index (χ1) is 9.84. The molecule has 0 saturated heterocycles. The number of aliphatic hydroxyl groups is 1. The lowest BCUT2D eigenvalue weighted by molar-refractivity contribution is 0.164. The highest BCUT2D eigenvalue weighted by Crippen LogP contribution is 2.33. The van der Waals surface area contributed by atoms with Gasteiger partial charge >= 0.3 is 0 Å². The molecule has 1 N–H and O–H groups in total. The number of hydrogen-bond donors (Lipinski definition) is 1. The van der Waals surface area contributed by atoms with E-state index in [1.807, 2.05) is 36.0 Å². The van der Waals surface area contributed by atoms with E-state index >= 15 is 0 Å². The van der Waals surface area contributed by atoms with Crippen LogP contribution in [-0.2, 0) is 0 Å². The molecule has 0 amide bonds. The molecule has 2 nitrogen and oxygen atoms in total. The van der Waals surface area contributed by atoms with Crippen molar-refractivity contribution in [2.45, 2.75) is 17.4 Å². The van der Waals surface area contributed by atoms with Gasteiger partial charge in [0.2, 0.25) is 0 Å². The van der Waals surface area contributed by atoms with Gasteiger partial charge < -0.3 is 10.0 Å². The number of thioether (sulfide) groups is 1. The Morgan fingerprint density at radius 2 is 1.80 bits per heavy atom. The van der Waals surface area contributed by atoms with E-state index in [-0.39, 0.29) is 6.10 Å². The molecule has 20 heavy (non-hydrogen) atoms. The van der Waals surface area contributed by atoms with E-state index in [2.05, 4.69) is 35.2 Å². The standard InChI is InChI=1S/C17H19NOS/c19-17-10-11-18(16-9-5-4-8-15(16)17)12-13-20-14-6-2-1-3-7-14/h1-9,17,19H,10-13H2. The SMILES string of the molecule is OC1CCN(CCSc2ccccc2)c2ccccc21. The Morgan fingerprint density at radius 3 is 2.65 bits per heavy atom. The van der Waals surface area contributed by atoms with Gasteiger partial charge in [-0.05, 0) is 24.6 Å². The first kappa shape index (κ1) is 13.5. The molecule has 2 aromatic carbocycles. The second kappa shape index (κ2) is 6.33. The predicted octanol–water partition coefficient (Wildman–Crippen LogP) is 3.72. The number of para-hydroxylation sites is 1. The fourth-order valence-electron chi connectivity index (χ4n) is 2.63. The summed E-state index contributed by atoms with van der Waals surface area (Å²) in [7, 11) is 0. The molecule has 0 fully saturated rings. The number of hydrogen-bond acceptors (Lipinski definition) is 3. The van der Waals surface area contributed by atoms with Crippen molar-refractivity contribution < 1.29 is 5.11 Å². The summed E-state index contributed by atoms with van der Waals surface area (Å²) in [5.41, 5.74) is 2.27. The van der Waals surface area contributed by atoms with Crippen molar-refractivity contribution >= 4 is 17.4 Å². The van der Waals surface area contributed by atoms with Crippen molar-refractivity contribution in [1.82, 2.24) is 0 Å². The number of nitrogens with zero attached hydrogens (tertiary/aromatic N) is 1. The van der Waals surface area contributed by atoms with Crippen LogP contribution in [0.2, 0.25) is 0 Å². The maximum Gasteiger partial charge on any atom is 0.0826 e. The van der Waals surface area contributed by atoms with Crippen LogP contribution in [-0.4, -0.2) is 23.9 Å². The molecule has 1 heterocycles. The Labute approximate surface area is 124 Å². The molecule has 1 atom stereocenters. The number of fused-ring (bicyclic) bond motifs is 1. The van der Waals surface area contributed by atoms with Crippen molar-refractivity contribution in [1.29, 1.82) is 0 Å². The monoisotopic (exact) mass is 285 g/mol. The number of benzene rings is 2. The maximum atomic E-state index is 10.1. The minimum absolute atomic E-state index is 0.302. The van der Waals surface area contributed by atoms with Crippen molar-refractivity contribution in [2.75, 3.05) is 23.7 Å². The highest BCUT2D eigenvalue weighted by atomic mass is 32.2. The van der Waals surface area contributed by atoms with E-state index in [1.165, 1.54) is 10.6 Å². The van der Waals surface area contributed by atoms with E-state index in [0.29, 0.717) is 0 Å². The highest BCUT2D eigenvalue weighted by Gasteiger charge is 2.22. The van der Waals surface area contributed by atoms with Crippen LogP contribution in [0.5, 0.6) is 0 Å². The zero-order valence-electron chi connectivity index (χ0n) is 11.4. The molecule has 3 rings (SSSR count). The van der Waals surface area contributed by atoms with E-state index in [0.717, 1.165) is 30.8 Å². The van der Waals surface area contributed by atoms with Gasteiger partial charge in [0.15, 0.2) is 0 Å². The summed E-state index contributed by atoms with van der Waals surface area (Å²) >= 11 is 1.89. The third-order valence-corrected chi connectivity index (χ3v) is 4.67. The summed E-state index contributed by atoms with van der Waals surface area (Å²) in [6.07, 6.45) is 0.525. The van der Waals surface area contributed by atoms with Gasteiger partial charge in [-0.25, -0.2) is 0 Å². The average molecular weight is 285 g/mol. The predicted molar refractivity (Wildman–Crippen MR) is 85.4 cm³/mol. The van der Waals surface area contributed by atoms with Gasteiger partial charge in [-0.2, -0.15) is 0 Å². The normalized spacial score (nSPS) is 17.9. The number of rotatable bonds is 4. The van der Waals surface area contributed by atoms with Gasteiger partial charge in [0.05, 0.1) is 6.10 Å². The number of anilines is 1. The lowest BCUT2D eigenvalue weighted by atomic mass is 9.99. The fraction of sp³-hybridized carbons (Fsp3) is 0.294. The summed E-state index contributed by atoms with van der Waals surface area (Å²) in [6, 6.07) is 18.7. The van der Waals surface area contributed by atoms with Crippen LogP contribution in [0.15, 0.2) is 59.5 Å². The van der Waals surface area contributed by atoms with Crippen LogP contribution in [0.1, 0.15) is 18.1 Å². The lowest BCUT2D eigenvalue weighted by Gasteiger charge is -2.33. The maximum absolute atomic E-state index is 10.1. The molecule has 0 aliphatic carbocycles. The Kier molecular flexibility index (Phi) is 4.28. The van der Waals surface area contributed by atoms with Crippen molar-refractivity contribution in [2.24, 2.45) is 0 Å². The van der Waals surface area contributed by atoms with Gasteiger partial charge in [-0.15, -0.1) is 11.8 Å². The van der Waals surface area contributed by atoms with E-state index in [4.69, 9.17) is 0 Å². The second-order valence-corrected chi connectivity index (χ2v) is 6.18. The van der Waals surface area contributed by atoms with E-state index < -0.39 is 0 Å². The smallest absolute Gasteiger partial charge is 0.0826 e. The first-order valence-corrected chi connectivity index (χ1v) is 8.03. The highest BCUT2D eigenvalue weighted by molar-refractivity contribution is 7.99. The minimum Gasteiger partial charge on any atom is -0.388 e. The molecule has 104 valence electrons. The van der Waals surface area contributed by atoms with Gasteiger partial charge in [0, 0.05) is 35.0 Å². The third kappa shape index (κ3) is 3.00. The number of aliphatic hydroxyl groups excluding tert-OH is 1. The lowest BCUT2D eigenvalue weighted by Crippen LogP contribution is -2.32. The van der Waals surface area contributed by atoms with Crippen LogP contribution in [0.25, 0.3) is 0 Å². The summed E-state index contributed by atoms with van der Waals surface area (Å²) in [4.78, 5) is 3.70. The van der Waals surface area contributed by atoms with Crippen molar-refractivity contribution in [3.63, 3.8) is 0 Å². The minimum atomic E-state index is -0.302. The van der Waals surface area contributed by atoms with Gasteiger partial charge in [-0.1, -0.05) is 36.4 Å². The molecule has 0 aromatic heterocycles. The molecule has 0 bridgehead atoms. The fourth-order valence-corrected chi connectivity index (χ4v) is 3.53. The molecular formula is C17H19NOS. The molecule has 1 aliphatic heterocycles. The zero-order chi connectivity index (χ0) is 13.8. The molecule has 2 aromatic rings. The molecular weight excluding hydrogens is 266 g/mol. The van der Waals surface area contributed by atoms with Gasteiger partial charge in [0.1, 0.15) is 0 Å². The van der Waals surface area contributed by atoms with E-state index in [1.54, 1.807) is 0 Å². The Bertz CT molecular complexity index is 558. The summed E-state index contributed by atoms with van der Waals surface area (Å²) < 4.78 is 0. The second-order valence-electron chi connectivity index (χ2n) is 5.01. The topological polar surface area (TPSA) is 23.5 Å². The molecule has 0 saturated carbocycles. The molecule has 1 unspecified atom stereocenters. The van der Waals surface area contributed by atoms with Crippen LogP contribution < -0.4 is 4.90 Å². The summed E-state index contributed by atoms with van der Waals surface area (Å²) in [5.74, 6) is 1.06. The van der Waals surface area contributed by atoms with E-state index in [9.17, 15) is 5.11 Å². The Hall–Kier alpha value is -1.45.